The second-order valence-corrected chi connectivity index (χ2v) is 5.28. The van der Waals surface area contributed by atoms with Gasteiger partial charge in [-0.25, -0.2) is 9.97 Å². The number of nitrogens with one attached hydrogen (secondary N) is 1. The molecule has 1 fully saturated rings. The van der Waals surface area contributed by atoms with Gasteiger partial charge in [0.1, 0.15) is 11.6 Å². The van der Waals surface area contributed by atoms with Gasteiger partial charge in [0.25, 0.3) is 0 Å². The number of rotatable bonds is 4. The Kier molecular flexibility index (Phi) is 3.49. The third kappa shape index (κ3) is 2.78. The number of imidazole rings is 1. The summed E-state index contributed by atoms with van der Waals surface area (Å²) < 4.78 is 1.99. The molecule has 2 aromatic heterocycles. The van der Waals surface area contributed by atoms with E-state index in [-0.39, 0.29) is 0 Å². The minimum Gasteiger partial charge on any atom is -0.384 e. The first-order chi connectivity index (χ1) is 9.33. The summed E-state index contributed by atoms with van der Waals surface area (Å²) in [6, 6.07) is 4.13. The first kappa shape index (κ1) is 12.2. The van der Waals surface area contributed by atoms with Crippen molar-refractivity contribution in [1.82, 2.24) is 14.5 Å². The van der Waals surface area contributed by atoms with Crippen LogP contribution in [0.2, 0.25) is 0 Å². The number of hydrogen-bond acceptors (Lipinski definition) is 3. The third-order valence-electron chi connectivity index (χ3n) is 3.89. The zero-order chi connectivity index (χ0) is 13.1. The lowest BCUT2D eigenvalue weighted by molar-refractivity contribution is 0.580. The van der Waals surface area contributed by atoms with Crippen molar-refractivity contribution in [1.29, 1.82) is 0 Å². The third-order valence-corrected chi connectivity index (χ3v) is 3.89. The van der Waals surface area contributed by atoms with Crippen molar-refractivity contribution in [3.8, 4) is 5.82 Å². The lowest BCUT2D eigenvalue weighted by Gasteiger charge is -2.12. The highest BCUT2D eigenvalue weighted by molar-refractivity contribution is 5.43. The van der Waals surface area contributed by atoms with Gasteiger partial charge in [-0.3, -0.25) is 4.57 Å². The van der Waals surface area contributed by atoms with Crippen LogP contribution >= 0.6 is 0 Å². The Morgan fingerprint density at radius 2 is 2.11 bits per heavy atom. The van der Waals surface area contributed by atoms with Gasteiger partial charge in [-0.15, -0.1) is 0 Å². The Labute approximate surface area is 113 Å². The molecule has 1 aliphatic carbocycles. The van der Waals surface area contributed by atoms with Crippen molar-refractivity contribution in [3.63, 3.8) is 0 Å². The molecule has 3 rings (SSSR count). The molecule has 0 spiro atoms. The molecule has 0 aliphatic heterocycles. The van der Waals surface area contributed by atoms with Gasteiger partial charge >= 0.3 is 0 Å². The van der Waals surface area contributed by atoms with Crippen LogP contribution in [0.5, 0.6) is 0 Å². The fourth-order valence-corrected chi connectivity index (χ4v) is 2.73. The van der Waals surface area contributed by atoms with E-state index < -0.39 is 0 Å². The lowest BCUT2D eigenvalue weighted by atomic mass is 10.1. The van der Waals surface area contributed by atoms with Gasteiger partial charge in [-0.2, -0.15) is 0 Å². The van der Waals surface area contributed by atoms with E-state index in [2.05, 4.69) is 21.4 Å². The molecule has 0 unspecified atom stereocenters. The Morgan fingerprint density at radius 1 is 1.26 bits per heavy atom. The Morgan fingerprint density at radius 3 is 2.74 bits per heavy atom. The Hall–Kier alpha value is -1.84. The number of nitrogens with zero attached hydrogens (tertiary/aromatic N) is 3. The quantitative estimate of drug-likeness (QED) is 0.913. The molecular formula is C15H20N4. The van der Waals surface area contributed by atoms with E-state index in [1.165, 1.54) is 25.7 Å². The summed E-state index contributed by atoms with van der Waals surface area (Å²) in [7, 11) is 0. The molecule has 0 saturated heterocycles. The number of aromatic nitrogens is 3. The van der Waals surface area contributed by atoms with Crippen molar-refractivity contribution in [2.75, 3.05) is 11.9 Å². The van der Waals surface area contributed by atoms with Crippen molar-refractivity contribution in [2.45, 2.75) is 32.6 Å². The van der Waals surface area contributed by atoms with Crippen molar-refractivity contribution >= 4 is 5.69 Å². The van der Waals surface area contributed by atoms with Crippen LogP contribution in [-0.4, -0.2) is 21.1 Å². The number of hydrogen-bond donors (Lipinski definition) is 1. The highest BCUT2D eigenvalue weighted by Gasteiger charge is 2.14. The zero-order valence-corrected chi connectivity index (χ0v) is 11.3. The van der Waals surface area contributed by atoms with Crippen LogP contribution in [-0.2, 0) is 0 Å². The minimum atomic E-state index is 0.843. The highest BCUT2D eigenvalue weighted by Crippen LogP contribution is 2.24. The number of aryl methyl sites for hydroxylation is 1. The van der Waals surface area contributed by atoms with E-state index in [1.54, 1.807) is 6.20 Å². The van der Waals surface area contributed by atoms with Gasteiger partial charge in [0.15, 0.2) is 0 Å². The predicted octanol–water partition coefficient (Wildman–Crippen LogP) is 3.18. The Bertz CT molecular complexity index is 523. The van der Waals surface area contributed by atoms with Crippen LogP contribution in [0.15, 0.2) is 30.7 Å². The summed E-state index contributed by atoms with van der Waals surface area (Å²) >= 11 is 0. The molecule has 2 heterocycles. The van der Waals surface area contributed by atoms with Crippen molar-refractivity contribution in [2.24, 2.45) is 5.92 Å². The van der Waals surface area contributed by atoms with Crippen molar-refractivity contribution in [3.05, 3.63) is 36.5 Å². The molecule has 2 aromatic rings. The molecule has 1 N–H and O–H groups in total. The molecule has 1 aliphatic rings. The van der Waals surface area contributed by atoms with E-state index in [0.717, 1.165) is 29.8 Å². The summed E-state index contributed by atoms with van der Waals surface area (Å²) in [5.74, 6) is 2.72. The van der Waals surface area contributed by atoms with E-state index >= 15 is 0 Å². The summed E-state index contributed by atoms with van der Waals surface area (Å²) in [5.41, 5.74) is 1.11. The van der Waals surface area contributed by atoms with E-state index in [1.807, 2.05) is 30.0 Å². The first-order valence-corrected chi connectivity index (χ1v) is 7.03. The first-order valence-electron chi connectivity index (χ1n) is 7.03. The second-order valence-electron chi connectivity index (χ2n) is 5.28. The van der Waals surface area contributed by atoms with Gasteiger partial charge in [0.2, 0.25) is 0 Å². The van der Waals surface area contributed by atoms with E-state index in [9.17, 15) is 0 Å². The van der Waals surface area contributed by atoms with Gasteiger partial charge in [-0.05, 0) is 37.8 Å². The summed E-state index contributed by atoms with van der Waals surface area (Å²) in [6.07, 6.45) is 11.2. The fourth-order valence-electron chi connectivity index (χ4n) is 2.73. The second kappa shape index (κ2) is 5.43. The molecule has 4 heteroatoms. The minimum absolute atomic E-state index is 0.843. The maximum absolute atomic E-state index is 4.49. The summed E-state index contributed by atoms with van der Waals surface area (Å²) in [6.45, 7) is 3.05. The fraction of sp³-hybridized carbons (Fsp3) is 0.467. The molecular weight excluding hydrogens is 236 g/mol. The molecule has 19 heavy (non-hydrogen) atoms. The maximum atomic E-state index is 4.49. The molecule has 0 bridgehead atoms. The molecule has 0 atom stereocenters. The Balaban J connectivity index is 1.64. The van der Waals surface area contributed by atoms with Crippen LogP contribution in [0, 0.1) is 12.8 Å². The van der Waals surface area contributed by atoms with Gasteiger partial charge in [-0.1, -0.05) is 12.8 Å². The number of pyridine rings is 1. The van der Waals surface area contributed by atoms with Crippen LogP contribution in [0.4, 0.5) is 5.69 Å². The van der Waals surface area contributed by atoms with Crippen LogP contribution < -0.4 is 5.32 Å². The maximum Gasteiger partial charge on any atom is 0.138 e. The van der Waals surface area contributed by atoms with Crippen molar-refractivity contribution < 1.29 is 0 Å². The standard InChI is InChI=1S/C15H20N4/c1-12-16-8-9-19(12)15-7-6-14(11-18-15)17-10-13-4-2-3-5-13/h6-9,11,13,17H,2-5,10H2,1H3. The molecule has 0 amide bonds. The van der Waals surface area contributed by atoms with Crippen LogP contribution in [0.3, 0.4) is 0 Å². The normalized spacial score (nSPS) is 15.8. The number of anilines is 1. The van der Waals surface area contributed by atoms with Crippen LogP contribution in [0.1, 0.15) is 31.5 Å². The molecule has 0 aromatic carbocycles. The molecule has 4 nitrogen and oxygen atoms in total. The molecule has 100 valence electrons. The van der Waals surface area contributed by atoms with Gasteiger partial charge in [0.05, 0.1) is 11.9 Å². The largest absolute Gasteiger partial charge is 0.384 e. The SMILES string of the molecule is Cc1nccn1-c1ccc(NCC2CCCC2)cn1. The lowest BCUT2D eigenvalue weighted by Crippen LogP contribution is -2.11. The molecule has 0 radical (unpaired) electrons. The van der Waals surface area contributed by atoms with Gasteiger partial charge in [0, 0.05) is 18.9 Å². The average Bonchev–Trinajstić information content (AvgIpc) is 3.08. The monoisotopic (exact) mass is 256 g/mol. The van der Waals surface area contributed by atoms with Crippen LogP contribution in [0.25, 0.3) is 5.82 Å². The summed E-state index contributed by atoms with van der Waals surface area (Å²) in [5, 5.41) is 3.49. The summed E-state index contributed by atoms with van der Waals surface area (Å²) in [4.78, 5) is 8.70. The average molecular weight is 256 g/mol. The van der Waals surface area contributed by atoms with Gasteiger partial charge < -0.3 is 5.32 Å². The molecule has 1 saturated carbocycles. The highest BCUT2D eigenvalue weighted by atomic mass is 15.1. The van der Waals surface area contributed by atoms with E-state index in [4.69, 9.17) is 0 Å². The topological polar surface area (TPSA) is 42.7 Å². The zero-order valence-electron chi connectivity index (χ0n) is 11.3. The smallest absolute Gasteiger partial charge is 0.138 e. The van der Waals surface area contributed by atoms with E-state index in [0.29, 0.717) is 0 Å². The predicted molar refractivity (Wildman–Crippen MR) is 76.5 cm³/mol.